The Morgan fingerprint density at radius 3 is 2.72 bits per heavy atom. The van der Waals surface area contributed by atoms with E-state index >= 15 is 0 Å². The second-order valence-electron chi connectivity index (χ2n) is 4.00. The number of aliphatic hydroxyl groups excluding tert-OH is 1. The van der Waals surface area contributed by atoms with Gasteiger partial charge >= 0.3 is 0 Å². The first-order chi connectivity index (χ1) is 8.78. The van der Waals surface area contributed by atoms with Crippen molar-refractivity contribution in [2.45, 2.75) is 6.61 Å². The molecule has 3 rings (SSSR count). The van der Waals surface area contributed by atoms with Crippen molar-refractivity contribution in [2.24, 2.45) is 0 Å². The van der Waals surface area contributed by atoms with E-state index in [1.165, 1.54) is 11.3 Å². The first-order valence-electron chi connectivity index (χ1n) is 5.56. The summed E-state index contributed by atoms with van der Waals surface area (Å²) < 4.78 is 1.01. The lowest BCUT2D eigenvalue weighted by atomic mass is 10.2. The lowest BCUT2D eigenvalue weighted by molar-refractivity contribution is 0.282. The van der Waals surface area contributed by atoms with Crippen molar-refractivity contribution < 1.29 is 10.2 Å². The molecule has 1 heterocycles. The van der Waals surface area contributed by atoms with Gasteiger partial charge in [0.05, 0.1) is 22.4 Å². The molecule has 0 amide bonds. The van der Waals surface area contributed by atoms with E-state index < -0.39 is 0 Å². The fourth-order valence-corrected chi connectivity index (χ4v) is 2.90. The summed E-state index contributed by atoms with van der Waals surface area (Å²) in [7, 11) is 0. The molecule has 2 aromatic carbocycles. The van der Waals surface area contributed by atoms with Gasteiger partial charge in [0.15, 0.2) is 0 Å². The van der Waals surface area contributed by atoms with E-state index in [1.807, 2.05) is 30.3 Å². The third-order valence-corrected chi connectivity index (χ3v) is 3.82. The number of aromatic hydroxyl groups is 1. The largest absolute Gasteiger partial charge is 0.507 e. The smallest absolute Gasteiger partial charge is 0.128 e. The molecule has 90 valence electrons. The van der Waals surface area contributed by atoms with Crippen molar-refractivity contribution in [2.75, 3.05) is 0 Å². The van der Waals surface area contributed by atoms with Crippen LogP contribution in [0.3, 0.4) is 0 Å². The van der Waals surface area contributed by atoms with E-state index in [0.717, 1.165) is 26.4 Å². The molecule has 3 nitrogen and oxygen atoms in total. The number of para-hydroxylation sites is 1. The van der Waals surface area contributed by atoms with Gasteiger partial charge in [-0.1, -0.05) is 18.2 Å². The molecule has 0 spiro atoms. The Morgan fingerprint density at radius 2 is 1.94 bits per heavy atom. The van der Waals surface area contributed by atoms with Crippen molar-refractivity contribution in [3.8, 4) is 16.3 Å². The highest BCUT2D eigenvalue weighted by atomic mass is 32.1. The molecule has 3 aromatic rings. The van der Waals surface area contributed by atoms with Crippen molar-refractivity contribution in [3.63, 3.8) is 0 Å². The Hall–Kier alpha value is -1.91. The van der Waals surface area contributed by atoms with Crippen LogP contribution < -0.4 is 0 Å². The molecule has 2 N–H and O–H groups in total. The highest BCUT2D eigenvalue weighted by molar-refractivity contribution is 7.21. The van der Waals surface area contributed by atoms with Crippen molar-refractivity contribution in [3.05, 3.63) is 48.0 Å². The average Bonchev–Trinajstić information content (AvgIpc) is 2.81. The number of phenols is 1. The van der Waals surface area contributed by atoms with Crippen LogP contribution in [0.2, 0.25) is 0 Å². The van der Waals surface area contributed by atoms with Crippen LogP contribution in [0.15, 0.2) is 42.5 Å². The number of hydrogen-bond acceptors (Lipinski definition) is 4. The molecule has 0 bridgehead atoms. The lowest BCUT2D eigenvalue weighted by Crippen LogP contribution is -1.80. The summed E-state index contributed by atoms with van der Waals surface area (Å²) in [5, 5.41) is 19.7. The maximum atomic E-state index is 9.82. The predicted molar refractivity (Wildman–Crippen MR) is 72.6 cm³/mol. The zero-order valence-corrected chi connectivity index (χ0v) is 10.3. The van der Waals surface area contributed by atoms with E-state index in [2.05, 4.69) is 4.98 Å². The number of aromatic nitrogens is 1. The summed E-state index contributed by atoms with van der Waals surface area (Å²) >= 11 is 1.51. The summed E-state index contributed by atoms with van der Waals surface area (Å²) in [6.07, 6.45) is 0. The standard InChI is InChI=1S/C14H11NO2S/c16-8-9-5-6-11-13(7-9)18-14(15-11)10-3-1-2-4-12(10)17/h1-7,16-17H,8H2. The van der Waals surface area contributed by atoms with Crippen LogP contribution in [0.5, 0.6) is 5.75 Å². The minimum atomic E-state index is 0.0275. The molecule has 0 saturated heterocycles. The number of hydrogen-bond donors (Lipinski definition) is 2. The van der Waals surface area contributed by atoms with Crippen molar-refractivity contribution in [1.82, 2.24) is 4.98 Å². The van der Waals surface area contributed by atoms with Crippen LogP contribution in [0.4, 0.5) is 0 Å². The summed E-state index contributed by atoms with van der Waals surface area (Å²) in [6, 6.07) is 12.8. The molecular formula is C14H11NO2S. The van der Waals surface area contributed by atoms with Gasteiger partial charge in [-0.15, -0.1) is 11.3 Å². The highest BCUT2D eigenvalue weighted by Gasteiger charge is 2.09. The molecule has 0 fully saturated rings. The Bertz CT molecular complexity index is 706. The molecule has 0 aliphatic heterocycles. The number of thiazole rings is 1. The molecule has 0 saturated carbocycles. The fraction of sp³-hybridized carbons (Fsp3) is 0.0714. The number of fused-ring (bicyclic) bond motifs is 1. The third kappa shape index (κ3) is 1.85. The molecule has 0 radical (unpaired) electrons. The van der Waals surface area contributed by atoms with E-state index in [9.17, 15) is 5.11 Å². The van der Waals surface area contributed by atoms with Gasteiger partial charge in [0, 0.05) is 0 Å². The minimum Gasteiger partial charge on any atom is -0.507 e. The Kier molecular flexibility index (Phi) is 2.74. The van der Waals surface area contributed by atoms with E-state index in [0.29, 0.717) is 0 Å². The number of rotatable bonds is 2. The van der Waals surface area contributed by atoms with Crippen molar-refractivity contribution in [1.29, 1.82) is 0 Å². The van der Waals surface area contributed by atoms with Crippen LogP contribution in [0.1, 0.15) is 5.56 Å². The van der Waals surface area contributed by atoms with Gasteiger partial charge < -0.3 is 10.2 Å². The summed E-state index contributed by atoms with van der Waals surface area (Å²) in [5.74, 6) is 0.235. The van der Waals surface area contributed by atoms with Gasteiger partial charge in [0.1, 0.15) is 10.8 Å². The monoisotopic (exact) mass is 257 g/mol. The quantitative estimate of drug-likeness (QED) is 0.741. The van der Waals surface area contributed by atoms with Gasteiger partial charge in [-0.3, -0.25) is 0 Å². The predicted octanol–water partition coefficient (Wildman–Crippen LogP) is 3.16. The maximum Gasteiger partial charge on any atom is 0.128 e. The van der Waals surface area contributed by atoms with Crippen molar-refractivity contribution >= 4 is 21.6 Å². The SMILES string of the molecule is OCc1ccc2nc(-c3ccccc3O)sc2c1. The van der Waals surface area contributed by atoms with Gasteiger partial charge in [-0.25, -0.2) is 4.98 Å². The molecule has 0 aliphatic rings. The summed E-state index contributed by atoms with van der Waals surface area (Å²) in [4.78, 5) is 4.50. The first-order valence-corrected chi connectivity index (χ1v) is 6.38. The van der Waals surface area contributed by atoms with Crippen LogP contribution in [0.25, 0.3) is 20.8 Å². The van der Waals surface area contributed by atoms with Crippen LogP contribution in [0, 0.1) is 0 Å². The normalized spacial score (nSPS) is 10.9. The van der Waals surface area contributed by atoms with Crippen LogP contribution in [-0.4, -0.2) is 15.2 Å². The fourth-order valence-electron chi connectivity index (χ4n) is 1.84. The average molecular weight is 257 g/mol. The molecule has 0 atom stereocenters. The Balaban J connectivity index is 2.17. The van der Waals surface area contributed by atoms with Gasteiger partial charge in [0.25, 0.3) is 0 Å². The lowest BCUT2D eigenvalue weighted by Gasteiger charge is -1.98. The van der Waals surface area contributed by atoms with Crippen LogP contribution in [-0.2, 0) is 6.61 Å². The summed E-state index contributed by atoms with van der Waals surface area (Å²) in [6.45, 7) is 0.0275. The third-order valence-electron chi connectivity index (χ3n) is 2.77. The second kappa shape index (κ2) is 4.40. The molecule has 4 heteroatoms. The van der Waals surface area contributed by atoms with E-state index in [1.54, 1.807) is 12.1 Å². The van der Waals surface area contributed by atoms with E-state index in [4.69, 9.17) is 5.11 Å². The number of benzene rings is 2. The van der Waals surface area contributed by atoms with Gasteiger partial charge in [-0.2, -0.15) is 0 Å². The van der Waals surface area contributed by atoms with Gasteiger partial charge in [-0.05, 0) is 29.8 Å². The minimum absolute atomic E-state index is 0.0275. The zero-order chi connectivity index (χ0) is 12.5. The summed E-state index contributed by atoms with van der Waals surface area (Å²) in [5.41, 5.74) is 2.50. The Morgan fingerprint density at radius 1 is 1.11 bits per heavy atom. The molecule has 0 unspecified atom stereocenters. The molecule has 1 aromatic heterocycles. The van der Waals surface area contributed by atoms with E-state index in [-0.39, 0.29) is 12.4 Å². The van der Waals surface area contributed by atoms with Crippen LogP contribution >= 0.6 is 11.3 Å². The number of aliphatic hydroxyl groups is 1. The number of phenolic OH excluding ortho intramolecular Hbond substituents is 1. The Labute approximate surface area is 108 Å². The topological polar surface area (TPSA) is 53.4 Å². The van der Waals surface area contributed by atoms with Gasteiger partial charge in [0.2, 0.25) is 0 Å². The first kappa shape index (κ1) is 11.2. The molecule has 0 aliphatic carbocycles. The number of nitrogens with zero attached hydrogens (tertiary/aromatic N) is 1. The molecule has 18 heavy (non-hydrogen) atoms. The second-order valence-corrected chi connectivity index (χ2v) is 5.03. The molecular weight excluding hydrogens is 246 g/mol. The highest BCUT2D eigenvalue weighted by Crippen LogP contribution is 2.35. The zero-order valence-electron chi connectivity index (χ0n) is 9.50. The maximum absolute atomic E-state index is 9.82.